The molecule has 0 saturated heterocycles. The highest BCUT2D eigenvalue weighted by atomic mass is 35.5. The van der Waals surface area contributed by atoms with E-state index < -0.39 is 11.7 Å². The summed E-state index contributed by atoms with van der Waals surface area (Å²) in [5.41, 5.74) is 1.26. The smallest absolute Gasteiger partial charge is 0.379 e. The van der Waals surface area contributed by atoms with Crippen molar-refractivity contribution in [2.75, 3.05) is 5.32 Å². The lowest BCUT2D eigenvalue weighted by atomic mass is 10.1. The van der Waals surface area contributed by atoms with Gasteiger partial charge in [-0.3, -0.25) is 0 Å². The van der Waals surface area contributed by atoms with Crippen LogP contribution in [-0.4, -0.2) is 0 Å². The SMILES string of the molecule is CCc1ccc(CNc2c(Cl)cccc2C(F)(F)F)cc1. The van der Waals surface area contributed by atoms with Crippen molar-refractivity contribution in [1.29, 1.82) is 0 Å². The second-order valence-electron chi connectivity index (χ2n) is 4.68. The van der Waals surface area contributed by atoms with Gasteiger partial charge in [-0.25, -0.2) is 0 Å². The van der Waals surface area contributed by atoms with E-state index in [1.165, 1.54) is 17.7 Å². The van der Waals surface area contributed by atoms with E-state index in [1.807, 2.05) is 31.2 Å². The van der Waals surface area contributed by atoms with Gasteiger partial charge in [0.05, 0.1) is 16.3 Å². The van der Waals surface area contributed by atoms with Crippen LogP contribution >= 0.6 is 11.6 Å². The van der Waals surface area contributed by atoms with Gasteiger partial charge < -0.3 is 5.32 Å². The minimum atomic E-state index is -4.43. The van der Waals surface area contributed by atoms with Gasteiger partial charge in [0.2, 0.25) is 0 Å². The Kier molecular flexibility index (Phi) is 4.78. The molecule has 0 radical (unpaired) electrons. The number of alkyl halides is 3. The molecule has 0 amide bonds. The number of anilines is 1. The maximum atomic E-state index is 13.0. The highest BCUT2D eigenvalue weighted by Crippen LogP contribution is 2.38. The lowest BCUT2D eigenvalue weighted by Gasteiger charge is -2.16. The van der Waals surface area contributed by atoms with E-state index in [1.54, 1.807) is 0 Å². The van der Waals surface area contributed by atoms with Gasteiger partial charge in [0.1, 0.15) is 0 Å². The number of aryl methyl sites for hydroxylation is 1. The lowest BCUT2D eigenvalue weighted by molar-refractivity contribution is -0.136. The van der Waals surface area contributed by atoms with Crippen LogP contribution in [0, 0.1) is 0 Å². The van der Waals surface area contributed by atoms with E-state index in [0.29, 0.717) is 0 Å². The molecule has 0 atom stereocenters. The Morgan fingerprint density at radius 3 is 2.19 bits per heavy atom. The van der Waals surface area contributed by atoms with E-state index in [9.17, 15) is 13.2 Å². The molecule has 112 valence electrons. The fourth-order valence-electron chi connectivity index (χ4n) is 2.02. The second-order valence-corrected chi connectivity index (χ2v) is 5.09. The number of para-hydroxylation sites is 1. The van der Waals surface area contributed by atoms with Gasteiger partial charge in [-0.05, 0) is 29.7 Å². The quantitative estimate of drug-likeness (QED) is 0.782. The summed E-state index contributed by atoms with van der Waals surface area (Å²) in [5.74, 6) is 0. The van der Waals surface area contributed by atoms with Gasteiger partial charge in [-0.1, -0.05) is 48.9 Å². The molecule has 2 rings (SSSR count). The van der Waals surface area contributed by atoms with Crippen LogP contribution in [0.1, 0.15) is 23.6 Å². The third kappa shape index (κ3) is 3.91. The fourth-order valence-corrected chi connectivity index (χ4v) is 2.26. The molecular formula is C16H15ClF3N. The molecule has 0 aliphatic heterocycles. The average molecular weight is 314 g/mol. The van der Waals surface area contributed by atoms with Crippen LogP contribution in [-0.2, 0) is 19.1 Å². The highest BCUT2D eigenvalue weighted by Gasteiger charge is 2.34. The van der Waals surface area contributed by atoms with Crippen LogP contribution < -0.4 is 5.32 Å². The Morgan fingerprint density at radius 1 is 1.00 bits per heavy atom. The third-order valence-corrected chi connectivity index (χ3v) is 3.53. The second kappa shape index (κ2) is 6.39. The number of halogens is 4. The van der Waals surface area contributed by atoms with Crippen LogP contribution in [0.15, 0.2) is 42.5 Å². The molecule has 2 aromatic rings. The molecule has 0 spiro atoms. The van der Waals surface area contributed by atoms with Gasteiger partial charge in [-0.2, -0.15) is 13.2 Å². The molecule has 1 nitrogen and oxygen atoms in total. The Labute approximate surface area is 126 Å². The fraction of sp³-hybridized carbons (Fsp3) is 0.250. The summed E-state index contributed by atoms with van der Waals surface area (Å²) < 4.78 is 38.9. The molecule has 1 N–H and O–H groups in total. The van der Waals surface area contributed by atoms with Crippen LogP contribution in [0.4, 0.5) is 18.9 Å². The minimum Gasteiger partial charge on any atom is -0.379 e. The lowest BCUT2D eigenvalue weighted by Crippen LogP contribution is -2.11. The van der Waals surface area contributed by atoms with Crippen molar-refractivity contribution in [3.63, 3.8) is 0 Å². The molecule has 5 heteroatoms. The summed E-state index contributed by atoms with van der Waals surface area (Å²) in [5, 5.41) is 2.85. The molecule has 0 saturated carbocycles. The molecule has 0 bridgehead atoms. The molecule has 0 aliphatic carbocycles. The first-order valence-electron chi connectivity index (χ1n) is 6.59. The number of rotatable bonds is 4. The van der Waals surface area contributed by atoms with E-state index in [-0.39, 0.29) is 17.3 Å². The molecule has 0 heterocycles. The summed E-state index contributed by atoms with van der Waals surface area (Å²) >= 11 is 5.89. The van der Waals surface area contributed by atoms with Crippen molar-refractivity contribution in [2.45, 2.75) is 26.1 Å². The molecule has 2 aromatic carbocycles. The van der Waals surface area contributed by atoms with Crippen molar-refractivity contribution in [2.24, 2.45) is 0 Å². The van der Waals surface area contributed by atoms with E-state index in [4.69, 9.17) is 11.6 Å². The Balaban J connectivity index is 2.19. The number of nitrogens with one attached hydrogen (secondary N) is 1. The van der Waals surface area contributed by atoms with Crippen LogP contribution in [0.2, 0.25) is 5.02 Å². The van der Waals surface area contributed by atoms with Crippen molar-refractivity contribution >= 4 is 17.3 Å². The van der Waals surface area contributed by atoms with Crippen molar-refractivity contribution < 1.29 is 13.2 Å². The van der Waals surface area contributed by atoms with E-state index >= 15 is 0 Å². The summed E-state index contributed by atoms with van der Waals surface area (Å²) in [6.45, 7) is 2.34. The molecule has 0 aromatic heterocycles. The predicted octanol–water partition coefficient (Wildman–Crippen LogP) is 5.53. The molecule has 0 unspecified atom stereocenters. The average Bonchev–Trinajstić information content (AvgIpc) is 2.45. The Morgan fingerprint density at radius 2 is 1.62 bits per heavy atom. The van der Waals surface area contributed by atoms with Gasteiger partial charge >= 0.3 is 6.18 Å². The van der Waals surface area contributed by atoms with Gasteiger partial charge in [0, 0.05) is 6.54 Å². The standard InChI is InChI=1S/C16H15ClF3N/c1-2-11-6-8-12(9-7-11)10-21-15-13(16(18,19)20)4-3-5-14(15)17/h3-9,21H,2,10H2,1H3. The van der Waals surface area contributed by atoms with Crippen LogP contribution in [0.5, 0.6) is 0 Å². The Hall–Kier alpha value is -1.68. The van der Waals surface area contributed by atoms with E-state index in [0.717, 1.165) is 18.1 Å². The normalized spacial score (nSPS) is 11.5. The molecule has 21 heavy (non-hydrogen) atoms. The minimum absolute atomic E-state index is 0.0648. The summed E-state index contributed by atoms with van der Waals surface area (Å²) in [4.78, 5) is 0. The first kappa shape index (κ1) is 15.7. The van der Waals surface area contributed by atoms with Crippen LogP contribution in [0.3, 0.4) is 0 Å². The molecule has 0 aliphatic rings. The third-order valence-electron chi connectivity index (χ3n) is 3.22. The summed E-state index contributed by atoms with van der Waals surface area (Å²) in [7, 11) is 0. The summed E-state index contributed by atoms with van der Waals surface area (Å²) in [6, 6.07) is 11.5. The number of hydrogen-bond acceptors (Lipinski definition) is 1. The van der Waals surface area contributed by atoms with E-state index in [2.05, 4.69) is 5.32 Å². The zero-order valence-corrected chi connectivity index (χ0v) is 12.2. The monoisotopic (exact) mass is 313 g/mol. The van der Waals surface area contributed by atoms with Gasteiger partial charge in [0.15, 0.2) is 0 Å². The zero-order chi connectivity index (χ0) is 15.5. The topological polar surface area (TPSA) is 12.0 Å². The molecular weight excluding hydrogens is 299 g/mol. The Bertz CT molecular complexity index is 606. The summed E-state index contributed by atoms with van der Waals surface area (Å²) in [6.07, 6.45) is -3.50. The van der Waals surface area contributed by atoms with Gasteiger partial charge in [0.25, 0.3) is 0 Å². The number of hydrogen-bond donors (Lipinski definition) is 1. The van der Waals surface area contributed by atoms with Crippen molar-refractivity contribution in [1.82, 2.24) is 0 Å². The number of benzene rings is 2. The maximum Gasteiger partial charge on any atom is 0.418 e. The van der Waals surface area contributed by atoms with Crippen molar-refractivity contribution in [3.05, 3.63) is 64.2 Å². The maximum absolute atomic E-state index is 13.0. The largest absolute Gasteiger partial charge is 0.418 e. The molecule has 0 fully saturated rings. The van der Waals surface area contributed by atoms with Crippen molar-refractivity contribution in [3.8, 4) is 0 Å². The predicted molar refractivity (Wildman–Crippen MR) is 79.6 cm³/mol. The highest BCUT2D eigenvalue weighted by molar-refractivity contribution is 6.33. The van der Waals surface area contributed by atoms with Gasteiger partial charge in [-0.15, -0.1) is 0 Å². The first-order valence-corrected chi connectivity index (χ1v) is 6.97. The van der Waals surface area contributed by atoms with Crippen LogP contribution in [0.25, 0.3) is 0 Å². The first-order chi connectivity index (χ1) is 9.91. The zero-order valence-electron chi connectivity index (χ0n) is 11.5.